The summed E-state index contributed by atoms with van der Waals surface area (Å²) in [5.41, 5.74) is 6.72. The molecule has 0 aliphatic carbocycles. The van der Waals surface area contributed by atoms with Crippen molar-refractivity contribution in [3.8, 4) is 5.75 Å². The minimum atomic E-state index is -0.596. The maximum absolute atomic E-state index is 11.7. The second-order valence-corrected chi connectivity index (χ2v) is 5.40. The highest BCUT2D eigenvalue weighted by atomic mass is 16.5. The molecule has 1 rings (SSSR count). The van der Waals surface area contributed by atoms with Crippen LogP contribution in [0.25, 0.3) is 0 Å². The molecule has 0 radical (unpaired) electrons. The summed E-state index contributed by atoms with van der Waals surface area (Å²) < 4.78 is 5.25. The van der Waals surface area contributed by atoms with Crippen LogP contribution in [0, 0.1) is 5.92 Å². The minimum Gasteiger partial charge on any atom is -0.496 e. The number of nitrogens with one attached hydrogen (secondary N) is 2. The van der Waals surface area contributed by atoms with Crippen molar-refractivity contribution >= 4 is 11.8 Å². The van der Waals surface area contributed by atoms with Crippen LogP contribution in [0.15, 0.2) is 24.3 Å². The number of carbonyl (C=O) groups is 2. The van der Waals surface area contributed by atoms with Gasteiger partial charge in [-0.3, -0.25) is 9.59 Å². The maximum Gasteiger partial charge on any atom is 0.239 e. The maximum atomic E-state index is 11.7. The lowest BCUT2D eigenvalue weighted by Gasteiger charge is -2.15. The van der Waals surface area contributed by atoms with Gasteiger partial charge in [-0.25, -0.2) is 0 Å². The lowest BCUT2D eigenvalue weighted by molar-refractivity contribution is -0.127. The molecule has 122 valence electrons. The molecule has 0 bridgehead atoms. The number of hydrogen-bond acceptors (Lipinski definition) is 4. The summed E-state index contributed by atoms with van der Waals surface area (Å²) in [5, 5.41) is 5.29. The molecule has 0 aliphatic rings. The highest BCUT2D eigenvalue weighted by molar-refractivity contribution is 5.87. The Labute approximate surface area is 131 Å². The predicted molar refractivity (Wildman–Crippen MR) is 85.5 cm³/mol. The van der Waals surface area contributed by atoms with Gasteiger partial charge in [-0.15, -0.1) is 0 Å². The molecule has 1 aromatic carbocycles. The molecule has 0 heterocycles. The van der Waals surface area contributed by atoms with E-state index in [2.05, 4.69) is 10.6 Å². The molecule has 0 unspecified atom stereocenters. The van der Waals surface area contributed by atoms with Crippen molar-refractivity contribution in [2.45, 2.75) is 26.3 Å². The Morgan fingerprint density at radius 2 is 1.91 bits per heavy atom. The first kappa shape index (κ1) is 18.0. The van der Waals surface area contributed by atoms with Gasteiger partial charge < -0.3 is 21.1 Å². The Morgan fingerprint density at radius 3 is 2.55 bits per heavy atom. The van der Waals surface area contributed by atoms with Gasteiger partial charge in [-0.05, 0) is 24.0 Å². The molecule has 0 aromatic heterocycles. The Bertz CT molecular complexity index is 503. The van der Waals surface area contributed by atoms with Crippen LogP contribution in [-0.4, -0.2) is 38.1 Å². The molecule has 0 saturated heterocycles. The summed E-state index contributed by atoms with van der Waals surface area (Å²) in [6, 6.07) is 7.06. The van der Waals surface area contributed by atoms with Gasteiger partial charge in [0.15, 0.2) is 0 Å². The first-order valence-corrected chi connectivity index (χ1v) is 7.37. The third-order valence-electron chi connectivity index (χ3n) is 3.35. The Balaban J connectivity index is 2.30. The van der Waals surface area contributed by atoms with Gasteiger partial charge in [0.05, 0.1) is 19.7 Å². The van der Waals surface area contributed by atoms with E-state index in [9.17, 15) is 9.59 Å². The number of carbonyl (C=O) groups excluding carboxylic acids is 2. The van der Waals surface area contributed by atoms with Gasteiger partial charge in [0.2, 0.25) is 11.8 Å². The van der Waals surface area contributed by atoms with E-state index in [-0.39, 0.29) is 24.3 Å². The zero-order valence-electron chi connectivity index (χ0n) is 13.4. The van der Waals surface area contributed by atoms with Crippen molar-refractivity contribution in [3.63, 3.8) is 0 Å². The zero-order chi connectivity index (χ0) is 16.5. The summed E-state index contributed by atoms with van der Waals surface area (Å²) in [6.07, 6.45) is 0.662. The molecule has 4 N–H and O–H groups in total. The van der Waals surface area contributed by atoms with Crippen LogP contribution in [0.5, 0.6) is 5.75 Å². The fraction of sp³-hybridized carbons (Fsp3) is 0.500. The van der Waals surface area contributed by atoms with E-state index >= 15 is 0 Å². The predicted octanol–water partition coefficient (Wildman–Crippen LogP) is 0.453. The average molecular weight is 307 g/mol. The van der Waals surface area contributed by atoms with Crippen molar-refractivity contribution in [2.24, 2.45) is 11.7 Å². The van der Waals surface area contributed by atoms with Crippen molar-refractivity contribution in [1.82, 2.24) is 10.6 Å². The minimum absolute atomic E-state index is 0.0357. The van der Waals surface area contributed by atoms with E-state index in [1.54, 1.807) is 7.11 Å². The summed E-state index contributed by atoms with van der Waals surface area (Å²) in [7, 11) is 1.62. The SMILES string of the molecule is COc1ccccc1CCNC(=O)CNC(=O)[C@@H](N)C(C)C. The first-order valence-electron chi connectivity index (χ1n) is 7.37. The molecular weight excluding hydrogens is 282 g/mol. The lowest BCUT2D eigenvalue weighted by Crippen LogP contribution is -2.47. The first-order chi connectivity index (χ1) is 10.5. The van der Waals surface area contributed by atoms with E-state index in [1.165, 1.54) is 0 Å². The number of ether oxygens (including phenoxy) is 1. The smallest absolute Gasteiger partial charge is 0.239 e. The molecule has 6 nitrogen and oxygen atoms in total. The number of rotatable bonds is 8. The second-order valence-electron chi connectivity index (χ2n) is 5.40. The summed E-state index contributed by atoms with van der Waals surface area (Å²) in [5.74, 6) is 0.288. The molecule has 2 amide bonds. The van der Waals surface area contributed by atoms with Crippen molar-refractivity contribution in [3.05, 3.63) is 29.8 Å². The fourth-order valence-electron chi connectivity index (χ4n) is 1.90. The normalized spacial score (nSPS) is 11.9. The summed E-state index contributed by atoms with van der Waals surface area (Å²) in [6.45, 7) is 4.13. The van der Waals surface area contributed by atoms with Gasteiger partial charge in [-0.1, -0.05) is 32.0 Å². The van der Waals surface area contributed by atoms with Gasteiger partial charge in [0.25, 0.3) is 0 Å². The van der Waals surface area contributed by atoms with Crippen LogP contribution in [0.4, 0.5) is 0 Å². The molecular formula is C16H25N3O3. The number of methoxy groups -OCH3 is 1. The summed E-state index contributed by atoms with van der Waals surface area (Å²) >= 11 is 0. The highest BCUT2D eigenvalue weighted by Crippen LogP contribution is 2.17. The van der Waals surface area contributed by atoms with E-state index < -0.39 is 6.04 Å². The molecule has 0 aliphatic heterocycles. The third kappa shape index (κ3) is 5.73. The number of para-hydroxylation sites is 1. The third-order valence-corrected chi connectivity index (χ3v) is 3.35. The molecule has 1 aromatic rings. The monoisotopic (exact) mass is 307 g/mol. The quantitative estimate of drug-likeness (QED) is 0.650. The standard InChI is InChI=1S/C16H25N3O3/c1-11(2)15(17)16(21)19-10-14(20)18-9-8-12-6-4-5-7-13(12)22-3/h4-7,11,15H,8-10,17H2,1-3H3,(H,18,20)(H,19,21)/t15-/m0/s1. The Kier molecular flexibility index (Phi) is 7.39. The van der Waals surface area contributed by atoms with Gasteiger partial charge in [-0.2, -0.15) is 0 Å². The number of nitrogens with two attached hydrogens (primary N) is 1. The van der Waals surface area contributed by atoms with Crippen LogP contribution < -0.4 is 21.1 Å². The molecule has 1 atom stereocenters. The van der Waals surface area contributed by atoms with Crippen LogP contribution >= 0.6 is 0 Å². The molecule has 0 fully saturated rings. The Morgan fingerprint density at radius 1 is 1.23 bits per heavy atom. The summed E-state index contributed by atoms with van der Waals surface area (Å²) in [4.78, 5) is 23.3. The van der Waals surface area contributed by atoms with Crippen molar-refractivity contribution < 1.29 is 14.3 Å². The van der Waals surface area contributed by atoms with Gasteiger partial charge in [0, 0.05) is 6.54 Å². The Hall–Kier alpha value is -2.08. The fourth-order valence-corrected chi connectivity index (χ4v) is 1.90. The average Bonchev–Trinajstić information content (AvgIpc) is 2.52. The van der Waals surface area contributed by atoms with E-state index in [1.807, 2.05) is 38.1 Å². The van der Waals surface area contributed by atoms with Crippen LogP contribution in [0.3, 0.4) is 0 Å². The van der Waals surface area contributed by atoms with Gasteiger partial charge in [0.1, 0.15) is 5.75 Å². The lowest BCUT2D eigenvalue weighted by atomic mass is 10.1. The highest BCUT2D eigenvalue weighted by Gasteiger charge is 2.17. The number of hydrogen-bond donors (Lipinski definition) is 3. The van der Waals surface area contributed by atoms with E-state index in [0.29, 0.717) is 13.0 Å². The number of benzene rings is 1. The van der Waals surface area contributed by atoms with E-state index in [4.69, 9.17) is 10.5 Å². The van der Waals surface area contributed by atoms with Crippen LogP contribution in [0.1, 0.15) is 19.4 Å². The van der Waals surface area contributed by atoms with E-state index in [0.717, 1.165) is 11.3 Å². The van der Waals surface area contributed by atoms with Crippen molar-refractivity contribution in [2.75, 3.05) is 20.2 Å². The molecule has 6 heteroatoms. The number of amides is 2. The largest absolute Gasteiger partial charge is 0.496 e. The zero-order valence-corrected chi connectivity index (χ0v) is 13.4. The van der Waals surface area contributed by atoms with Crippen molar-refractivity contribution in [1.29, 1.82) is 0 Å². The van der Waals surface area contributed by atoms with Gasteiger partial charge >= 0.3 is 0 Å². The van der Waals surface area contributed by atoms with Crippen LogP contribution in [-0.2, 0) is 16.0 Å². The molecule has 0 spiro atoms. The second kappa shape index (κ2) is 9.04. The van der Waals surface area contributed by atoms with Crippen LogP contribution in [0.2, 0.25) is 0 Å². The topological polar surface area (TPSA) is 93.5 Å². The molecule has 22 heavy (non-hydrogen) atoms. The molecule has 0 saturated carbocycles.